The van der Waals surface area contributed by atoms with Gasteiger partial charge in [-0.15, -0.1) is 0 Å². The Labute approximate surface area is 259 Å². The quantitative estimate of drug-likeness (QED) is 0.255. The van der Waals surface area contributed by atoms with Gasteiger partial charge in [0.15, 0.2) is 0 Å². The molecule has 11 heteroatoms. The van der Waals surface area contributed by atoms with Gasteiger partial charge >= 0.3 is 0 Å². The molecule has 0 bridgehead atoms. The van der Waals surface area contributed by atoms with E-state index >= 15 is 0 Å². The van der Waals surface area contributed by atoms with Gasteiger partial charge in [-0.2, -0.15) is 0 Å². The molecule has 2 amide bonds. The number of ether oxygens (including phenoxy) is 2. The fourth-order valence-corrected chi connectivity index (χ4v) is 6.01. The molecule has 0 radical (unpaired) electrons. The molecule has 0 unspecified atom stereocenters. The molecule has 0 saturated carbocycles. The van der Waals surface area contributed by atoms with E-state index < -0.39 is 28.5 Å². The van der Waals surface area contributed by atoms with Gasteiger partial charge in [-0.3, -0.25) is 13.9 Å². The van der Waals surface area contributed by atoms with Gasteiger partial charge in [0.25, 0.3) is 10.0 Å². The average molecular weight is 630 g/mol. The summed E-state index contributed by atoms with van der Waals surface area (Å²) < 4.78 is 40.3. The molecular weight excluding hydrogens is 590 g/mol. The van der Waals surface area contributed by atoms with Crippen LogP contribution < -0.4 is 19.1 Å². The molecule has 3 aromatic rings. The lowest BCUT2D eigenvalue weighted by atomic mass is 10.1. The Kier molecular flexibility index (Phi) is 11.9. The second-order valence-corrected chi connectivity index (χ2v) is 12.9. The Hall–Kier alpha value is -3.76. The van der Waals surface area contributed by atoms with Gasteiger partial charge in [0, 0.05) is 24.2 Å². The van der Waals surface area contributed by atoms with Crippen molar-refractivity contribution in [1.82, 2.24) is 10.2 Å². The highest BCUT2D eigenvalue weighted by atomic mass is 35.5. The van der Waals surface area contributed by atoms with E-state index in [2.05, 4.69) is 5.32 Å². The number of methoxy groups -OCH3 is 2. The molecule has 0 aliphatic carbocycles. The summed E-state index contributed by atoms with van der Waals surface area (Å²) in [6, 6.07) is 17.2. The number of hydrogen-bond donors (Lipinski definition) is 1. The number of sulfonamides is 1. The zero-order valence-corrected chi connectivity index (χ0v) is 27.0. The molecule has 3 rings (SSSR count). The maximum absolute atomic E-state index is 14.3. The third-order valence-corrected chi connectivity index (χ3v) is 8.91. The van der Waals surface area contributed by atoms with Gasteiger partial charge in [0.05, 0.1) is 24.8 Å². The molecule has 0 saturated heterocycles. The maximum atomic E-state index is 14.3. The number of amides is 2. The van der Waals surface area contributed by atoms with E-state index in [1.165, 1.54) is 37.3 Å². The number of hydrogen-bond acceptors (Lipinski definition) is 6. The second-order valence-electron chi connectivity index (χ2n) is 10.6. The highest BCUT2D eigenvalue weighted by Gasteiger charge is 2.35. The van der Waals surface area contributed by atoms with Crippen LogP contribution in [0.1, 0.15) is 38.3 Å². The van der Waals surface area contributed by atoms with Gasteiger partial charge in [0.2, 0.25) is 11.8 Å². The Morgan fingerprint density at radius 3 is 2.16 bits per heavy atom. The second kappa shape index (κ2) is 15.1. The van der Waals surface area contributed by atoms with Crippen molar-refractivity contribution in [3.05, 3.63) is 82.9 Å². The minimum Gasteiger partial charge on any atom is -0.497 e. The van der Waals surface area contributed by atoms with Gasteiger partial charge in [0.1, 0.15) is 24.1 Å². The van der Waals surface area contributed by atoms with Crippen molar-refractivity contribution in [2.24, 2.45) is 5.92 Å². The summed E-state index contributed by atoms with van der Waals surface area (Å²) >= 11 is 6.09. The van der Waals surface area contributed by atoms with Crippen molar-refractivity contribution in [2.45, 2.75) is 51.6 Å². The number of nitrogens with one attached hydrogen (secondary N) is 1. The largest absolute Gasteiger partial charge is 0.497 e. The molecule has 0 spiro atoms. The Morgan fingerprint density at radius 2 is 1.60 bits per heavy atom. The highest BCUT2D eigenvalue weighted by molar-refractivity contribution is 7.92. The fourth-order valence-electron chi connectivity index (χ4n) is 4.47. The number of nitrogens with zero attached hydrogens (tertiary/aromatic N) is 2. The monoisotopic (exact) mass is 629 g/mol. The molecule has 0 aliphatic rings. The fraction of sp³-hybridized carbons (Fsp3) is 0.375. The topological polar surface area (TPSA) is 105 Å². The lowest BCUT2D eigenvalue weighted by Crippen LogP contribution is -2.52. The number of rotatable bonds is 14. The molecule has 0 fully saturated rings. The van der Waals surface area contributed by atoms with Crippen molar-refractivity contribution >= 4 is 39.1 Å². The summed E-state index contributed by atoms with van der Waals surface area (Å²) in [5, 5.41) is 3.45. The van der Waals surface area contributed by atoms with E-state index in [4.69, 9.17) is 21.1 Å². The Balaban J connectivity index is 2.13. The van der Waals surface area contributed by atoms with Crippen molar-refractivity contribution in [1.29, 1.82) is 0 Å². The molecule has 43 heavy (non-hydrogen) atoms. The van der Waals surface area contributed by atoms with Crippen LogP contribution in [-0.2, 0) is 26.2 Å². The molecule has 0 aromatic heterocycles. The van der Waals surface area contributed by atoms with Crippen LogP contribution in [0.5, 0.6) is 11.5 Å². The highest BCUT2D eigenvalue weighted by Crippen LogP contribution is 2.36. The molecule has 1 atom stereocenters. The van der Waals surface area contributed by atoms with Gasteiger partial charge in [-0.1, -0.05) is 62.2 Å². The molecule has 0 heterocycles. The normalized spacial score (nSPS) is 12.0. The summed E-state index contributed by atoms with van der Waals surface area (Å²) in [6.45, 7) is 7.53. The van der Waals surface area contributed by atoms with E-state index in [0.717, 1.165) is 15.4 Å². The van der Waals surface area contributed by atoms with E-state index in [-0.39, 0.29) is 34.7 Å². The number of anilines is 1. The van der Waals surface area contributed by atoms with Crippen molar-refractivity contribution in [2.75, 3.05) is 31.6 Å². The number of benzene rings is 3. The SMILES string of the molecule is CC[C@@H](C(=O)NCC(C)C)N(Cc1ccc(Cl)cc1)C(=O)CN(c1cc(OC)ccc1OC)S(=O)(=O)c1ccc(C)cc1. The van der Waals surface area contributed by atoms with E-state index in [1.54, 1.807) is 48.5 Å². The first-order chi connectivity index (χ1) is 20.4. The lowest BCUT2D eigenvalue weighted by Gasteiger charge is -2.33. The third kappa shape index (κ3) is 8.64. The van der Waals surface area contributed by atoms with Gasteiger partial charge < -0.3 is 19.7 Å². The van der Waals surface area contributed by atoms with Crippen molar-refractivity contribution in [3.63, 3.8) is 0 Å². The molecule has 3 aromatic carbocycles. The molecule has 0 aliphatic heterocycles. The van der Waals surface area contributed by atoms with Crippen LogP contribution in [0.4, 0.5) is 5.69 Å². The zero-order valence-electron chi connectivity index (χ0n) is 25.5. The smallest absolute Gasteiger partial charge is 0.264 e. The van der Waals surface area contributed by atoms with Crippen LogP contribution in [-0.4, -0.2) is 58.5 Å². The number of aryl methyl sites for hydroxylation is 1. The minimum atomic E-state index is -4.28. The predicted octanol–water partition coefficient (Wildman–Crippen LogP) is 5.44. The molecule has 9 nitrogen and oxygen atoms in total. The summed E-state index contributed by atoms with van der Waals surface area (Å²) in [4.78, 5) is 29.1. The van der Waals surface area contributed by atoms with E-state index in [9.17, 15) is 18.0 Å². The Bertz CT molecular complexity index is 1490. The van der Waals surface area contributed by atoms with Crippen molar-refractivity contribution < 1.29 is 27.5 Å². The average Bonchev–Trinajstić information content (AvgIpc) is 2.99. The number of carbonyl (C=O) groups excluding carboxylic acids is 2. The molecule has 232 valence electrons. The first kappa shape index (κ1) is 33.7. The first-order valence-corrected chi connectivity index (χ1v) is 15.9. The summed E-state index contributed by atoms with van der Waals surface area (Å²) in [5.41, 5.74) is 1.74. The standard InChI is InChI=1S/C32H40ClN3O6S/c1-7-28(32(38)34-19-22(2)3)35(20-24-10-12-25(33)13-11-24)31(37)21-36(29-18-26(41-5)14-17-30(29)42-6)43(39,40)27-15-8-23(4)9-16-27/h8-18,22,28H,7,19-21H2,1-6H3,(H,34,38)/t28-/m0/s1. The van der Waals surface area contributed by atoms with Crippen LogP contribution in [0.2, 0.25) is 5.02 Å². The molecular formula is C32H40ClN3O6S. The first-order valence-electron chi connectivity index (χ1n) is 14.0. The lowest BCUT2D eigenvalue weighted by molar-refractivity contribution is -0.140. The number of carbonyl (C=O) groups is 2. The van der Waals surface area contributed by atoms with E-state index in [1.807, 2.05) is 27.7 Å². The zero-order chi connectivity index (χ0) is 31.7. The predicted molar refractivity (Wildman–Crippen MR) is 169 cm³/mol. The minimum absolute atomic E-state index is 0.00161. The summed E-state index contributed by atoms with van der Waals surface area (Å²) in [5.74, 6) is -0.0647. The summed E-state index contributed by atoms with van der Waals surface area (Å²) in [7, 11) is -1.39. The van der Waals surface area contributed by atoms with Crippen LogP contribution in [0.3, 0.4) is 0 Å². The van der Waals surface area contributed by atoms with Gasteiger partial charge in [-0.05, 0) is 61.2 Å². The third-order valence-electron chi connectivity index (χ3n) is 6.88. The van der Waals surface area contributed by atoms with Crippen LogP contribution in [0.15, 0.2) is 71.6 Å². The van der Waals surface area contributed by atoms with Crippen LogP contribution in [0, 0.1) is 12.8 Å². The van der Waals surface area contributed by atoms with Crippen molar-refractivity contribution in [3.8, 4) is 11.5 Å². The maximum Gasteiger partial charge on any atom is 0.264 e. The Morgan fingerprint density at radius 1 is 0.953 bits per heavy atom. The summed E-state index contributed by atoms with van der Waals surface area (Å²) in [6.07, 6.45) is 0.316. The van der Waals surface area contributed by atoms with Gasteiger partial charge in [-0.25, -0.2) is 8.42 Å². The molecule has 1 N–H and O–H groups in total. The van der Waals surface area contributed by atoms with Crippen LogP contribution in [0.25, 0.3) is 0 Å². The number of halogens is 1. The van der Waals surface area contributed by atoms with Crippen LogP contribution >= 0.6 is 11.6 Å². The van der Waals surface area contributed by atoms with E-state index in [0.29, 0.717) is 23.7 Å².